The monoisotopic (exact) mass is 359 g/mol. The number of hydrogen-bond donors (Lipinski definition) is 1. The summed E-state index contributed by atoms with van der Waals surface area (Å²) in [7, 11) is 0. The van der Waals surface area contributed by atoms with Crippen LogP contribution in [0.4, 0.5) is 0 Å². The van der Waals surface area contributed by atoms with Crippen LogP contribution in [0.3, 0.4) is 0 Å². The lowest BCUT2D eigenvalue weighted by Crippen LogP contribution is -2.46. The van der Waals surface area contributed by atoms with Crippen LogP contribution in [-0.2, 0) is 14.3 Å². The van der Waals surface area contributed by atoms with Crippen molar-refractivity contribution in [2.75, 3.05) is 6.61 Å². The standard InChI is InChI=1S/C18H29NO4.ClH/c1-5-12-21-16(6-2)17(14(4)22-18(20)13(3)19)23-15-10-8-7-9-11-15;/h7-11,13-14,16-17H,5-6,12,19H2,1-4H3;1H/t13?,14-,16-,17-;/m0./s1. The predicted molar refractivity (Wildman–Crippen MR) is 97.6 cm³/mol. The van der Waals surface area contributed by atoms with E-state index in [2.05, 4.69) is 6.92 Å². The van der Waals surface area contributed by atoms with E-state index < -0.39 is 24.2 Å². The van der Waals surface area contributed by atoms with Gasteiger partial charge >= 0.3 is 5.97 Å². The van der Waals surface area contributed by atoms with Gasteiger partial charge in [0.25, 0.3) is 0 Å². The van der Waals surface area contributed by atoms with Gasteiger partial charge in [-0.2, -0.15) is 0 Å². The van der Waals surface area contributed by atoms with Crippen molar-refractivity contribution in [2.45, 2.75) is 64.9 Å². The van der Waals surface area contributed by atoms with Crippen molar-refractivity contribution in [3.8, 4) is 5.75 Å². The third-order valence-electron chi connectivity index (χ3n) is 3.46. The lowest BCUT2D eigenvalue weighted by molar-refractivity contribution is -0.159. The Morgan fingerprint density at radius 2 is 1.79 bits per heavy atom. The number of rotatable bonds is 10. The molecule has 6 heteroatoms. The molecule has 0 aliphatic heterocycles. The average molecular weight is 360 g/mol. The van der Waals surface area contributed by atoms with Crippen LogP contribution in [0, 0.1) is 0 Å². The van der Waals surface area contributed by atoms with E-state index in [0.29, 0.717) is 6.61 Å². The first-order chi connectivity index (χ1) is 11.0. The number of carbonyl (C=O) groups excluding carboxylic acids is 1. The molecule has 0 aromatic heterocycles. The third kappa shape index (κ3) is 7.51. The molecule has 2 N–H and O–H groups in total. The fourth-order valence-electron chi connectivity index (χ4n) is 2.20. The maximum absolute atomic E-state index is 11.8. The summed E-state index contributed by atoms with van der Waals surface area (Å²) in [6.07, 6.45) is 0.665. The molecule has 0 radical (unpaired) electrons. The highest BCUT2D eigenvalue weighted by atomic mass is 35.5. The van der Waals surface area contributed by atoms with Crippen molar-refractivity contribution < 1.29 is 19.0 Å². The van der Waals surface area contributed by atoms with E-state index in [0.717, 1.165) is 18.6 Å². The van der Waals surface area contributed by atoms with Crippen molar-refractivity contribution in [3.63, 3.8) is 0 Å². The lowest BCUT2D eigenvalue weighted by Gasteiger charge is -2.31. The van der Waals surface area contributed by atoms with Gasteiger partial charge in [-0.1, -0.05) is 32.0 Å². The Morgan fingerprint density at radius 1 is 1.17 bits per heavy atom. The van der Waals surface area contributed by atoms with Gasteiger partial charge in [0.1, 0.15) is 17.9 Å². The second-order valence-electron chi connectivity index (χ2n) is 5.64. The molecule has 0 fully saturated rings. The summed E-state index contributed by atoms with van der Waals surface area (Å²) in [6.45, 7) is 8.14. The zero-order chi connectivity index (χ0) is 17.2. The molecular weight excluding hydrogens is 330 g/mol. The molecular formula is C18H30ClNO4. The van der Waals surface area contributed by atoms with Crippen molar-refractivity contribution in [1.82, 2.24) is 0 Å². The number of halogens is 1. The summed E-state index contributed by atoms with van der Waals surface area (Å²) < 4.78 is 17.4. The number of benzene rings is 1. The van der Waals surface area contributed by atoms with E-state index in [-0.39, 0.29) is 18.5 Å². The normalized spacial score (nSPS) is 15.5. The maximum Gasteiger partial charge on any atom is 0.323 e. The van der Waals surface area contributed by atoms with Gasteiger partial charge in [-0.05, 0) is 38.8 Å². The van der Waals surface area contributed by atoms with Gasteiger partial charge in [-0.25, -0.2) is 0 Å². The van der Waals surface area contributed by atoms with Crippen LogP contribution < -0.4 is 10.5 Å². The summed E-state index contributed by atoms with van der Waals surface area (Å²) in [5.74, 6) is 0.282. The molecule has 0 aliphatic rings. The number of esters is 1. The average Bonchev–Trinajstić information content (AvgIpc) is 2.55. The molecule has 1 aromatic rings. The van der Waals surface area contributed by atoms with E-state index in [4.69, 9.17) is 19.9 Å². The van der Waals surface area contributed by atoms with E-state index in [9.17, 15) is 4.79 Å². The van der Waals surface area contributed by atoms with Gasteiger partial charge < -0.3 is 19.9 Å². The third-order valence-corrected chi connectivity index (χ3v) is 3.46. The molecule has 4 atom stereocenters. The summed E-state index contributed by atoms with van der Waals surface area (Å²) in [6, 6.07) is 8.81. The Labute approximate surface area is 151 Å². The first-order valence-corrected chi connectivity index (χ1v) is 8.28. The fourth-order valence-corrected chi connectivity index (χ4v) is 2.20. The van der Waals surface area contributed by atoms with Gasteiger partial charge in [0, 0.05) is 6.61 Å². The Balaban J connectivity index is 0.00000529. The van der Waals surface area contributed by atoms with E-state index in [1.165, 1.54) is 0 Å². The molecule has 138 valence electrons. The van der Waals surface area contributed by atoms with Crippen molar-refractivity contribution >= 4 is 18.4 Å². The Bertz CT molecular complexity index is 456. The van der Waals surface area contributed by atoms with Crippen LogP contribution in [0.1, 0.15) is 40.5 Å². The van der Waals surface area contributed by atoms with Crippen LogP contribution >= 0.6 is 12.4 Å². The number of carbonyl (C=O) groups is 1. The molecule has 24 heavy (non-hydrogen) atoms. The minimum atomic E-state index is -0.661. The van der Waals surface area contributed by atoms with E-state index in [1.807, 2.05) is 44.2 Å². The largest absolute Gasteiger partial charge is 0.484 e. The number of ether oxygens (including phenoxy) is 3. The lowest BCUT2D eigenvalue weighted by atomic mass is 10.1. The quantitative estimate of drug-likeness (QED) is 0.649. The minimum absolute atomic E-state index is 0. The zero-order valence-corrected chi connectivity index (χ0v) is 15.8. The van der Waals surface area contributed by atoms with E-state index >= 15 is 0 Å². The second-order valence-corrected chi connectivity index (χ2v) is 5.64. The van der Waals surface area contributed by atoms with Gasteiger partial charge in [-0.3, -0.25) is 4.79 Å². The van der Waals surface area contributed by atoms with Crippen LogP contribution in [0.5, 0.6) is 5.75 Å². The Hall–Kier alpha value is -1.30. The van der Waals surface area contributed by atoms with Crippen LogP contribution in [0.2, 0.25) is 0 Å². The molecule has 1 rings (SSSR count). The summed E-state index contributed by atoms with van der Waals surface area (Å²) in [4.78, 5) is 11.8. The highest BCUT2D eigenvalue weighted by molar-refractivity contribution is 5.85. The Morgan fingerprint density at radius 3 is 2.29 bits per heavy atom. The molecule has 0 saturated heterocycles. The molecule has 0 spiro atoms. The SMILES string of the molecule is CCCO[C@@H](CC)[C@@H](Oc1ccccc1)[C@H](C)OC(=O)C(C)N.Cl. The maximum atomic E-state index is 11.8. The van der Waals surface area contributed by atoms with Gasteiger partial charge in [0.2, 0.25) is 0 Å². The van der Waals surface area contributed by atoms with E-state index in [1.54, 1.807) is 6.92 Å². The number of nitrogens with two attached hydrogens (primary N) is 1. The molecule has 0 aliphatic carbocycles. The summed E-state index contributed by atoms with van der Waals surface area (Å²) in [5, 5.41) is 0. The van der Waals surface area contributed by atoms with Crippen LogP contribution in [0.25, 0.3) is 0 Å². The second kappa shape index (κ2) is 12.1. The molecule has 0 amide bonds. The zero-order valence-electron chi connectivity index (χ0n) is 14.9. The highest BCUT2D eigenvalue weighted by Gasteiger charge is 2.31. The molecule has 0 heterocycles. The fraction of sp³-hybridized carbons (Fsp3) is 0.611. The number of hydrogen-bond acceptors (Lipinski definition) is 5. The van der Waals surface area contributed by atoms with Crippen molar-refractivity contribution in [2.24, 2.45) is 5.73 Å². The van der Waals surface area contributed by atoms with Gasteiger partial charge in [-0.15, -0.1) is 12.4 Å². The van der Waals surface area contributed by atoms with Gasteiger partial charge in [0.05, 0.1) is 6.10 Å². The summed E-state index contributed by atoms with van der Waals surface area (Å²) in [5.41, 5.74) is 5.58. The van der Waals surface area contributed by atoms with Crippen molar-refractivity contribution in [1.29, 1.82) is 0 Å². The minimum Gasteiger partial charge on any atom is -0.484 e. The first-order valence-electron chi connectivity index (χ1n) is 8.28. The van der Waals surface area contributed by atoms with Crippen LogP contribution in [0.15, 0.2) is 30.3 Å². The topological polar surface area (TPSA) is 70.8 Å². The predicted octanol–water partition coefficient (Wildman–Crippen LogP) is 3.34. The molecule has 5 nitrogen and oxygen atoms in total. The first kappa shape index (κ1) is 22.7. The number of para-hydroxylation sites is 1. The molecule has 0 bridgehead atoms. The Kier molecular flexibility index (Phi) is 11.5. The van der Waals surface area contributed by atoms with Crippen molar-refractivity contribution in [3.05, 3.63) is 30.3 Å². The molecule has 0 saturated carbocycles. The van der Waals surface area contributed by atoms with Gasteiger partial charge in [0.15, 0.2) is 6.10 Å². The van der Waals surface area contributed by atoms with Crippen LogP contribution in [-0.4, -0.2) is 36.9 Å². The molecule has 1 aromatic carbocycles. The highest BCUT2D eigenvalue weighted by Crippen LogP contribution is 2.20. The smallest absolute Gasteiger partial charge is 0.323 e. The molecule has 1 unspecified atom stereocenters. The summed E-state index contributed by atoms with van der Waals surface area (Å²) >= 11 is 0.